The Balaban J connectivity index is 1.82. The summed E-state index contributed by atoms with van der Waals surface area (Å²) in [5.41, 5.74) is 3.48. The minimum absolute atomic E-state index is 0.0384. The van der Waals surface area contributed by atoms with E-state index < -0.39 is 22.5 Å². The lowest BCUT2D eigenvalue weighted by Gasteiger charge is -2.22. The molecule has 0 spiro atoms. The van der Waals surface area contributed by atoms with Crippen LogP contribution in [0.15, 0.2) is 75.1 Å². The first-order valence-electron chi connectivity index (χ1n) is 10.8. The quantitative estimate of drug-likeness (QED) is 0.254. The van der Waals surface area contributed by atoms with E-state index in [1.807, 2.05) is 0 Å². The zero-order valence-electron chi connectivity index (χ0n) is 20.3. The highest BCUT2D eigenvalue weighted by molar-refractivity contribution is 9.10. The lowest BCUT2D eigenvalue weighted by Crippen LogP contribution is -2.39. The summed E-state index contributed by atoms with van der Waals surface area (Å²) in [4.78, 5) is 12.8. The Morgan fingerprint density at radius 2 is 1.65 bits per heavy atom. The molecule has 0 heterocycles. The molecule has 0 fully saturated rings. The molecule has 37 heavy (non-hydrogen) atoms. The first-order chi connectivity index (χ1) is 17.7. The number of methoxy groups -OCH3 is 3. The highest BCUT2D eigenvalue weighted by atomic mass is 79.9. The monoisotopic (exact) mass is 609 g/mol. The average molecular weight is 611 g/mol. The van der Waals surface area contributed by atoms with Crippen molar-refractivity contribution in [3.8, 4) is 17.2 Å². The van der Waals surface area contributed by atoms with E-state index in [2.05, 4.69) is 26.5 Å². The summed E-state index contributed by atoms with van der Waals surface area (Å²) in [5, 5.41) is 4.35. The van der Waals surface area contributed by atoms with Crippen molar-refractivity contribution in [2.45, 2.75) is 11.4 Å². The third kappa shape index (κ3) is 7.22. The van der Waals surface area contributed by atoms with Crippen LogP contribution in [-0.4, -0.2) is 52.7 Å². The summed E-state index contributed by atoms with van der Waals surface area (Å²) in [6, 6.07) is 16.3. The number of sulfonamides is 1. The number of halogens is 2. The van der Waals surface area contributed by atoms with Gasteiger partial charge in [0.05, 0.1) is 39.0 Å². The molecule has 0 aliphatic carbocycles. The minimum Gasteiger partial charge on any atom is -0.493 e. The second-order valence-electron chi connectivity index (χ2n) is 7.57. The largest absolute Gasteiger partial charge is 0.493 e. The first kappa shape index (κ1) is 28.5. The van der Waals surface area contributed by atoms with Crippen molar-refractivity contribution < 1.29 is 27.4 Å². The highest BCUT2D eigenvalue weighted by Crippen LogP contribution is 2.37. The molecule has 0 saturated heterocycles. The van der Waals surface area contributed by atoms with Crippen LogP contribution in [0.1, 0.15) is 11.1 Å². The molecule has 12 heteroatoms. The van der Waals surface area contributed by atoms with Crippen molar-refractivity contribution in [1.82, 2.24) is 9.73 Å². The van der Waals surface area contributed by atoms with Gasteiger partial charge in [-0.3, -0.25) is 4.79 Å². The molecule has 0 radical (unpaired) electrons. The molecule has 0 aromatic heterocycles. The number of benzene rings is 3. The van der Waals surface area contributed by atoms with Gasteiger partial charge in [0, 0.05) is 21.6 Å². The Bertz CT molecular complexity index is 1360. The number of hydrogen-bond acceptors (Lipinski definition) is 7. The highest BCUT2D eigenvalue weighted by Gasteiger charge is 2.27. The van der Waals surface area contributed by atoms with Crippen molar-refractivity contribution in [3.05, 3.63) is 81.3 Å². The fraction of sp³-hybridized carbons (Fsp3) is 0.200. The van der Waals surface area contributed by atoms with Crippen LogP contribution >= 0.6 is 27.5 Å². The summed E-state index contributed by atoms with van der Waals surface area (Å²) in [6.07, 6.45) is 1.38. The third-order valence-electron chi connectivity index (χ3n) is 5.17. The Kier molecular flexibility index (Phi) is 9.93. The summed E-state index contributed by atoms with van der Waals surface area (Å²) >= 11 is 9.56. The van der Waals surface area contributed by atoms with Crippen molar-refractivity contribution >= 4 is 49.7 Å². The number of hydrogen-bond donors (Lipinski definition) is 1. The Labute approximate surface area is 229 Å². The number of carbonyl (C=O) groups excluding carboxylic acids is 1. The second kappa shape index (κ2) is 12.9. The molecule has 1 N–H and O–H groups in total. The Morgan fingerprint density at radius 3 is 2.22 bits per heavy atom. The maximum Gasteiger partial charge on any atom is 0.255 e. The van der Waals surface area contributed by atoms with Gasteiger partial charge in [-0.2, -0.15) is 9.41 Å². The van der Waals surface area contributed by atoms with E-state index in [4.69, 9.17) is 25.8 Å². The van der Waals surface area contributed by atoms with Crippen LogP contribution in [0.3, 0.4) is 0 Å². The molecular formula is C25H25BrClN3O6S. The molecule has 9 nitrogen and oxygen atoms in total. The predicted octanol–water partition coefficient (Wildman–Crippen LogP) is 4.47. The summed E-state index contributed by atoms with van der Waals surface area (Å²) in [5.74, 6) is 0.609. The van der Waals surface area contributed by atoms with E-state index >= 15 is 0 Å². The molecule has 3 aromatic carbocycles. The van der Waals surface area contributed by atoms with Gasteiger partial charge in [-0.25, -0.2) is 13.8 Å². The molecule has 0 saturated carbocycles. The first-order valence-corrected chi connectivity index (χ1v) is 13.4. The van der Waals surface area contributed by atoms with Gasteiger partial charge in [0.25, 0.3) is 5.91 Å². The second-order valence-corrected chi connectivity index (χ2v) is 10.8. The van der Waals surface area contributed by atoms with Gasteiger partial charge in [-0.1, -0.05) is 45.7 Å². The average Bonchev–Trinajstić information content (AvgIpc) is 2.89. The van der Waals surface area contributed by atoms with Crippen LogP contribution in [0.25, 0.3) is 0 Å². The normalized spacial score (nSPS) is 11.5. The van der Waals surface area contributed by atoms with E-state index in [9.17, 15) is 13.2 Å². The Hall–Kier alpha value is -3.12. The number of carbonyl (C=O) groups is 1. The van der Waals surface area contributed by atoms with Crippen LogP contribution < -0.4 is 19.6 Å². The smallest absolute Gasteiger partial charge is 0.255 e. The van der Waals surface area contributed by atoms with Crippen LogP contribution in [0.5, 0.6) is 17.2 Å². The molecule has 196 valence electrons. The van der Waals surface area contributed by atoms with Crippen LogP contribution in [0.4, 0.5) is 0 Å². The minimum atomic E-state index is -4.04. The summed E-state index contributed by atoms with van der Waals surface area (Å²) in [6.45, 7) is -0.599. The number of nitrogens with zero attached hydrogens (tertiary/aromatic N) is 2. The van der Waals surface area contributed by atoms with Gasteiger partial charge in [0.1, 0.15) is 0 Å². The zero-order chi connectivity index (χ0) is 27.0. The van der Waals surface area contributed by atoms with Crippen molar-refractivity contribution in [2.75, 3.05) is 27.9 Å². The predicted molar refractivity (Wildman–Crippen MR) is 145 cm³/mol. The molecular weight excluding hydrogens is 586 g/mol. The van der Waals surface area contributed by atoms with Gasteiger partial charge in [-0.15, -0.1) is 0 Å². The van der Waals surface area contributed by atoms with E-state index in [0.717, 1.165) is 8.78 Å². The number of amides is 1. The molecule has 3 rings (SSSR count). The van der Waals surface area contributed by atoms with Crippen molar-refractivity contribution in [3.63, 3.8) is 0 Å². The maximum atomic E-state index is 13.4. The number of rotatable bonds is 11. The van der Waals surface area contributed by atoms with Crippen LogP contribution in [0, 0.1) is 0 Å². The molecule has 1 amide bonds. The van der Waals surface area contributed by atoms with Crippen LogP contribution in [0.2, 0.25) is 5.02 Å². The molecule has 0 atom stereocenters. The fourth-order valence-corrected chi connectivity index (χ4v) is 5.18. The lowest BCUT2D eigenvalue weighted by molar-refractivity contribution is -0.121. The lowest BCUT2D eigenvalue weighted by atomic mass is 10.2. The Morgan fingerprint density at radius 1 is 1.03 bits per heavy atom. The molecule has 0 aliphatic heterocycles. The SMILES string of the molecule is COc1cc(/C=N\NC(=O)CN(Cc2ccccc2Cl)S(=O)(=O)c2ccc(Br)cc2)cc(OC)c1OC. The van der Waals surface area contributed by atoms with Gasteiger partial charge in [0.15, 0.2) is 11.5 Å². The molecule has 0 unspecified atom stereocenters. The van der Waals surface area contributed by atoms with Gasteiger partial charge in [-0.05, 0) is 48.0 Å². The topological polar surface area (TPSA) is 107 Å². The van der Waals surface area contributed by atoms with E-state index in [1.54, 1.807) is 48.5 Å². The third-order valence-corrected chi connectivity index (χ3v) is 7.87. The van der Waals surface area contributed by atoms with Crippen LogP contribution in [-0.2, 0) is 21.4 Å². The molecule has 0 bridgehead atoms. The van der Waals surface area contributed by atoms with E-state index in [1.165, 1.54) is 39.7 Å². The van der Waals surface area contributed by atoms with Gasteiger partial charge in [0.2, 0.25) is 15.8 Å². The fourth-order valence-electron chi connectivity index (χ4n) is 3.35. The maximum absolute atomic E-state index is 13.4. The molecule has 3 aromatic rings. The standard InChI is InChI=1S/C25H25BrClN3O6S/c1-34-22-12-17(13-23(35-2)25(22)36-3)14-28-29-24(31)16-30(15-18-6-4-5-7-21(18)27)37(32,33)20-10-8-19(26)9-11-20/h4-14H,15-16H2,1-3H3,(H,29,31)/b28-14-. The molecule has 0 aliphatic rings. The van der Waals surface area contributed by atoms with E-state index in [-0.39, 0.29) is 11.4 Å². The summed E-state index contributed by atoms with van der Waals surface area (Å²) in [7, 11) is 0.426. The van der Waals surface area contributed by atoms with Crippen molar-refractivity contribution in [2.24, 2.45) is 5.10 Å². The number of hydrazone groups is 1. The zero-order valence-corrected chi connectivity index (χ0v) is 23.4. The number of ether oxygens (including phenoxy) is 3. The van der Waals surface area contributed by atoms with E-state index in [0.29, 0.717) is 33.4 Å². The van der Waals surface area contributed by atoms with Gasteiger partial charge >= 0.3 is 0 Å². The summed E-state index contributed by atoms with van der Waals surface area (Å²) < 4.78 is 44.5. The van der Waals surface area contributed by atoms with Gasteiger partial charge < -0.3 is 14.2 Å². The number of nitrogens with one attached hydrogen (secondary N) is 1. The van der Waals surface area contributed by atoms with Crippen molar-refractivity contribution in [1.29, 1.82) is 0 Å².